The number of aromatic nitrogens is 3. The number of hydrogen-bond donors (Lipinski definition) is 3. The van der Waals surface area contributed by atoms with Crippen molar-refractivity contribution in [3.05, 3.63) is 33.8 Å². The Kier molecular flexibility index (Phi) is 4.25. The summed E-state index contributed by atoms with van der Waals surface area (Å²) in [5.74, 6) is -1.16. The van der Waals surface area contributed by atoms with Crippen LogP contribution in [0.2, 0.25) is 0 Å². The lowest BCUT2D eigenvalue weighted by Gasteiger charge is -2.09. The maximum Gasteiger partial charge on any atom is 0.358 e. The van der Waals surface area contributed by atoms with E-state index < -0.39 is 18.7 Å². The predicted molar refractivity (Wildman–Crippen MR) is 67.2 cm³/mol. The summed E-state index contributed by atoms with van der Waals surface area (Å²) in [5.41, 5.74) is 0.293. The molecule has 2 aromatic heterocycles. The molecule has 2 aromatic rings. The Morgan fingerprint density at radius 1 is 1.53 bits per heavy atom. The Hall–Kier alpha value is -1.77. The minimum atomic E-state index is -1.16. The summed E-state index contributed by atoms with van der Waals surface area (Å²) in [5, 5.41) is 36.6. The second-order valence-electron chi connectivity index (χ2n) is 3.96. The predicted octanol–water partition coefficient (Wildman–Crippen LogP) is -0.0182. The van der Waals surface area contributed by atoms with E-state index in [1.54, 1.807) is 0 Å². The van der Waals surface area contributed by atoms with Crippen LogP contribution in [0.5, 0.6) is 0 Å². The van der Waals surface area contributed by atoms with Gasteiger partial charge in [-0.2, -0.15) is 0 Å². The molecule has 3 N–H and O–H groups in total. The van der Waals surface area contributed by atoms with Crippen LogP contribution in [-0.2, 0) is 13.0 Å². The van der Waals surface area contributed by atoms with Crippen molar-refractivity contribution in [1.82, 2.24) is 15.0 Å². The summed E-state index contributed by atoms with van der Waals surface area (Å²) in [6.07, 6.45) is -0.616. The van der Waals surface area contributed by atoms with E-state index in [2.05, 4.69) is 10.3 Å². The smallest absolute Gasteiger partial charge is 0.358 e. The largest absolute Gasteiger partial charge is 0.476 e. The van der Waals surface area contributed by atoms with Crippen molar-refractivity contribution in [2.24, 2.45) is 0 Å². The number of carbonyl (C=O) groups is 1. The first kappa shape index (κ1) is 13.7. The monoisotopic (exact) mass is 283 g/mol. The van der Waals surface area contributed by atoms with Crippen LogP contribution in [-0.4, -0.2) is 49.0 Å². The summed E-state index contributed by atoms with van der Waals surface area (Å²) >= 11 is 1.50. The topological polar surface area (TPSA) is 108 Å². The Morgan fingerprint density at radius 3 is 2.89 bits per heavy atom. The Labute approximate surface area is 112 Å². The first-order valence-electron chi connectivity index (χ1n) is 5.58. The van der Waals surface area contributed by atoms with Gasteiger partial charge in [0, 0.05) is 11.3 Å². The first-order chi connectivity index (χ1) is 9.11. The van der Waals surface area contributed by atoms with Crippen molar-refractivity contribution in [2.75, 3.05) is 6.61 Å². The highest BCUT2D eigenvalue weighted by molar-refractivity contribution is 7.09. The van der Waals surface area contributed by atoms with Crippen LogP contribution in [0.25, 0.3) is 0 Å². The molecule has 1 atom stereocenters. The third-order valence-electron chi connectivity index (χ3n) is 2.56. The molecule has 0 saturated carbocycles. The zero-order valence-corrected chi connectivity index (χ0v) is 10.7. The molecule has 0 aliphatic carbocycles. The number of carboxylic acids is 1. The number of thiophene rings is 1. The van der Waals surface area contributed by atoms with Crippen LogP contribution in [0, 0.1) is 0 Å². The fraction of sp³-hybridized carbons (Fsp3) is 0.364. The minimum Gasteiger partial charge on any atom is -0.476 e. The van der Waals surface area contributed by atoms with E-state index in [0.29, 0.717) is 12.1 Å². The van der Waals surface area contributed by atoms with Crippen LogP contribution in [0.15, 0.2) is 17.5 Å². The molecule has 0 aliphatic rings. The van der Waals surface area contributed by atoms with Gasteiger partial charge in [-0.25, -0.2) is 9.48 Å². The van der Waals surface area contributed by atoms with Crippen molar-refractivity contribution in [3.8, 4) is 0 Å². The van der Waals surface area contributed by atoms with E-state index in [0.717, 1.165) is 4.88 Å². The van der Waals surface area contributed by atoms with Gasteiger partial charge in [0.25, 0.3) is 0 Å². The number of aromatic carboxylic acids is 1. The van der Waals surface area contributed by atoms with E-state index in [-0.39, 0.29) is 12.2 Å². The molecule has 0 aliphatic heterocycles. The molecule has 0 aromatic carbocycles. The van der Waals surface area contributed by atoms with Gasteiger partial charge < -0.3 is 15.3 Å². The van der Waals surface area contributed by atoms with Crippen molar-refractivity contribution < 1.29 is 20.1 Å². The van der Waals surface area contributed by atoms with Crippen molar-refractivity contribution in [3.63, 3.8) is 0 Å². The van der Waals surface area contributed by atoms with Crippen LogP contribution in [0.4, 0.5) is 0 Å². The minimum absolute atomic E-state index is 0.0114. The number of rotatable bonds is 6. The third kappa shape index (κ3) is 3.16. The lowest BCUT2D eigenvalue weighted by Crippen LogP contribution is -2.22. The molecule has 2 heterocycles. The molecule has 0 fully saturated rings. The number of aliphatic hydroxyl groups is 2. The quantitative estimate of drug-likeness (QED) is 0.687. The SMILES string of the molecule is O=C(O)c1nnn(CC(O)CO)c1Cc1cccs1. The summed E-state index contributed by atoms with van der Waals surface area (Å²) in [6.45, 7) is -0.405. The molecule has 0 radical (unpaired) electrons. The molecule has 0 amide bonds. The van der Waals surface area contributed by atoms with E-state index in [1.807, 2.05) is 17.5 Å². The maximum absolute atomic E-state index is 11.1. The highest BCUT2D eigenvalue weighted by atomic mass is 32.1. The lowest BCUT2D eigenvalue weighted by molar-refractivity contribution is 0.0687. The van der Waals surface area contributed by atoms with Crippen molar-refractivity contribution in [2.45, 2.75) is 19.1 Å². The molecule has 2 rings (SSSR count). The van der Waals surface area contributed by atoms with Crippen molar-refractivity contribution >= 4 is 17.3 Å². The third-order valence-corrected chi connectivity index (χ3v) is 3.43. The standard InChI is InChI=1S/C11H13N3O4S/c15-6-7(16)5-14-9(4-8-2-1-3-19-8)10(11(17)18)12-13-14/h1-3,7,15-16H,4-6H2,(H,17,18). The fourth-order valence-corrected chi connectivity index (χ4v) is 2.37. The van der Waals surface area contributed by atoms with Gasteiger partial charge >= 0.3 is 5.97 Å². The van der Waals surface area contributed by atoms with Gasteiger partial charge in [0.15, 0.2) is 5.69 Å². The second kappa shape index (κ2) is 5.91. The van der Waals surface area contributed by atoms with Crippen LogP contribution in [0.3, 0.4) is 0 Å². The highest BCUT2D eigenvalue weighted by Gasteiger charge is 2.20. The molecule has 8 heteroatoms. The number of hydrogen-bond acceptors (Lipinski definition) is 6. The molecule has 102 valence electrons. The summed E-state index contributed by atoms with van der Waals surface area (Å²) in [7, 11) is 0. The number of carboxylic acid groups (broad SMARTS) is 1. The summed E-state index contributed by atoms with van der Waals surface area (Å²) in [6, 6.07) is 3.76. The molecular weight excluding hydrogens is 270 g/mol. The first-order valence-corrected chi connectivity index (χ1v) is 6.46. The molecule has 19 heavy (non-hydrogen) atoms. The van der Waals surface area contributed by atoms with Crippen LogP contribution < -0.4 is 0 Å². The maximum atomic E-state index is 11.1. The molecule has 0 bridgehead atoms. The average Bonchev–Trinajstić information content (AvgIpc) is 3.00. The molecule has 0 spiro atoms. The van der Waals surface area contributed by atoms with Gasteiger partial charge in [-0.3, -0.25) is 0 Å². The molecular formula is C11H13N3O4S. The fourth-order valence-electron chi connectivity index (χ4n) is 1.66. The zero-order valence-electron chi connectivity index (χ0n) is 9.93. The van der Waals surface area contributed by atoms with Gasteiger partial charge in [-0.15, -0.1) is 16.4 Å². The molecule has 7 nitrogen and oxygen atoms in total. The van der Waals surface area contributed by atoms with Crippen LogP contribution in [0.1, 0.15) is 21.1 Å². The van der Waals surface area contributed by atoms with E-state index in [1.165, 1.54) is 16.0 Å². The van der Waals surface area contributed by atoms with Gasteiger partial charge in [-0.05, 0) is 11.4 Å². The second-order valence-corrected chi connectivity index (χ2v) is 5.00. The van der Waals surface area contributed by atoms with Gasteiger partial charge in [0.1, 0.15) is 0 Å². The molecule has 0 saturated heterocycles. The van der Waals surface area contributed by atoms with Crippen molar-refractivity contribution in [1.29, 1.82) is 0 Å². The Morgan fingerprint density at radius 2 is 2.32 bits per heavy atom. The normalized spacial score (nSPS) is 12.5. The van der Waals surface area contributed by atoms with E-state index >= 15 is 0 Å². The van der Waals surface area contributed by atoms with E-state index in [4.69, 9.17) is 10.2 Å². The van der Waals surface area contributed by atoms with Crippen LogP contribution >= 0.6 is 11.3 Å². The number of aliphatic hydroxyl groups excluding tert-OH is 2. The van der Waals surface area contributed by atoms with Gasteiger partial charge in [-0.1, -0.05) is 11.3 Å². The summed E-state index contributed by atoms with van der Waals surface area (Å²) < 4.78 is 1.32. The Bertz CT molecular complexity index is 552. The lowest BCUT2D eigenvalue weighted by atomic mass is 10.2. The summed E-state index contributed by atoms with van der Waals surface area (Å²) in [4.78, 5) is 12.1. The Balaban J connectivity index is 2.30. The zero-order chi connectivity index (χ0) is 13.8. The average molecular weight is 283 g/mol. The molecule has 1 unspecified atom stereocenters. The van der Waals surface area contributed by atoms with Gasteiger partial charge in [0.05, 0.1) is 24.9 Å². The van der Waals surface area contributed by atoms with Gasteiger partial charge in [0.2, 0.25) is 0 Å². The highest BCUT2D eigenvalue weighted by Crippen LogP contribution is 2.17. The number of nitrogens with zero attached hydrogens (tertiary/aromatic N) is 3. The van der Waals surface area contributed by atoms with E-state index in [9.17, 15) is 9.90 Å².